The number of benzene rings is 1. The van der Waals surface area contributed by atoms with Crippen molar-refractivity contribution in [1.29, 1.82) is 5.26 Å². The molecule has 2 rings (SSSR count). The summed E-state index contributed by atoms with van der Waals surface area (Å²) in [4.78, 5) is 4.26. The molecular weight excluding hydrogens is 200 g/mol. The van der Waals surface area contributed by atoms with Gasteiger partial charge in [0, 0.05) is 6.54 Å². The average molecular weight is 214 g/mol. The van der Waals surface area contributed by atoms with Crippen molar-refractivity contribution in [2.45, 2.75) is 26.3 Å². The van der Waals surface area contributed by atoms with Crippen LogP contribution in [0.5, 0.6) is 0 Å². The molecule has 0 fully saturated rings. The summed E-state index contributed by atoms with van der Waals surface area (Å²) in [5.74, 6) is 0.492. The number of hydrogen-bond acceptors (Lipinski definition) is 3. The van der Waals surface area contributed by atoms with Crippen molar-refractivity contribution < 1.29 is 0 Å². The molecule has 0 aliphatic heterocycles. The van der Waals surface area contributed by atoms with E-state index in [2.05, 4.69) is 18.0 Å². The van der Waals surface area contributed by atoms with Crippen LogP contribution in [0.15, 0.2) is 18.2 Å². The normalized spacial score (nSPS) is 10.5. The smallest absolute Gasteiger partial charge is 0.201 e. The van der Waals surface area contributed by atoms with E-state index < -0.39 is 0 Å². The van der Waals surface area contributed by atoms with Crippen LogP contribution in [0, 0.1) is 11.3 Å². The second-order valence-corrected chi connectivity index (χ2v) is 3.76. The summed E-state index contributed by atoms with van der Waals surface area (Å²) in [6.45, 7) is 2.99. The number of unbranched alkanes of at least 4 members (excludes halogenated alkanes) is 1. The second-order valence-electron chi connectivity index (χ2n) is 3.76. The van der Waals surface area contributed by atoms with Crippen molar-refractivity contribution >= 4 is 17.0 Å². The van der Waals surface area contributed by atoms with Gasteiger partial charge in [-0.1, -0.05) is 19.4 Å². The van der Waals surface area contributed by atoms with E-state index in [9.17, 15) is 0 Å². The molecule has 2 N–H and O–H groups in total. The Labute approximate surface area is 94.3 Å². The second kappa shape index (κ2) is 4.23. The Bertz CT molecular complexity index is 548. The first-order valence-corrected chi connectivity index (χ1v) is 5.42. The molecule has 1 aromatic carbocycles. The van der Waals surface area contributed by atoms with E-state index in [0.29, 0.717) is 17.0 Å². The molecule has 2 aromatic rings. The predicted octanol–water partition coefficient (Wildman–Crippen LogP) is 2.29. The van der Waals surface area contributed by atoms with Gasteiger partial charge >= 0.3 is 0 Å². The SMILES string of the molecule is CCCCn1c(N)nc2c(C#N)cccc21. The lowest BCUT2D eigenvalue weighted by Gasteiger charge is -2.04. The lowest BCUT2D eigenvalue weighted by molar-refractivity contribution is 0.653. The maximum absolute atomic E-state index is 8.97. The van der Waals surface area contributed by atoms with Gasteiger partial charge in [0.15, 0.2) is 0 Å². The molecule has 0 aliphatic carbocycles. The number of nitrogen functional groups attached to an aromatic ring is 1. The molecule has 0 unspecified atom stereocenters. The van der Waals surface area contributed by atoms with Crippen molar-refractivity contribution in [2.75, 3.05) is 5.73 Å². The predicted molar refractivity (Wildman–Crippen MR) is 63.8 cm³/mol. The van der Waals surface area contributed by atoms with Gasteiger partial charge in [-0.2, -0.15) is 5.26 Å². The molecule has 16 heavy (non-hydrogen) atoms. The van der Waals surface area contributed by atoms with Crippen LogP contribution < -0.4 is 5.73 Å². The zero-order chi connectivity index (χ0) is 11.5. The topological polar surface area (TPSA) is 67.6 Å². The number of aryl methyl sites for hydroxylation is 1. The highest BCUT2D eigenvalue weighted by molar-refractivity contribution is 5.83. The Morgan fingerprint density at radius 1 is 1.50 bits per heavy atom. The zero-order valence-electron chi connectivity index (χ0n) is 9.27. The van der Waals surface area contributed by atoms with Crippen molar-refractivity contribution in [1.82, 2.24) is 9.55 Å². The number of rotatable bonds is 3. The summed E-state index contributed by atoms with van der Waals surface area (Å²) in [5, 5.41) is 8.97. The average Bonchev–Trinajstić information content (AvgIpc) is 2.62. The summed E-state index contributed by atoms with van der Waals surface area (Å²) >= 11 is 0. The van der Waals surface area contributed by atoms with E-state index in [1.165, 1.54) is 0 Å². The number of hydrogen-bond donors (Lipinski definition) is 1. The molecule has 0 aliphatic rings. The van der Waals surface area contributed by atoms with Crippen molar-refractivity contribution in [2.24, 2.45) is 0 Å². The summed E-state index contributed by atoms with van der Waals surface area (Å²) in [7, 11) is 0. The van der Waals surface area contributed by atoms with Gasteiger partial charge in [-0.3, -0.25) is 0 Å². The first-order valence-electron chi connectivity index (χ1n) is 5.42. The van der Waals surface area contributed by atoms with Gasteiger partial charge in [0.2, 0.25) is 5.95 Å². The van der Waals surface area contributed by atoms with E-state index >= 15 is 0 Å². The van der Waals surface area contributed by atoms with Crippen molar-refractivity contribution in [3.63, 3.8) is 0 Å². The minimum atomic E-state index is 0.492. The third kappa shape index (κ3) is 1.61. The molecule has 0 atom stereocenters. The Hall–Kier alpha value is -2.02. The van der Waals surface area contributed by atoms with Crippen LogP contribution in [0.1, 0.15) is 25.3 Å². The van der Waals surface area contributed by atoms with E-state index in [1.54, 1.807) is 6.07 Å². The quantitative estimate of drug-likeness (QED) is 0.852. The first kappa shape index (κ1) is 10.5. The number of imidazole rings is 1. The molecule has 0 spiro atoms. The minimum absolute atomic E-state index is 0.492. The lowest BCUT2D eigenvalue weighted by Crippen LogP contribution is -2.02. The van der Waals surface area contributed by atoms with Crippen LogP contribution in [0.2, 0.25) is 0 Å². The number of aromatic nitrogens is 2. The van der Waals surface area contributed by atoms with Crippen LogP contribution in [0.3, 0.4) is 0 Å². The lowest BCUT2D eigenvalue weighted by atomic mass is 10.2. The fourth-order valence-electron chi connectivity index (χ4n) is 1.81. The first-order chi connectivity index (χ1) is 7.77. The Morgan fingerprint density at radius 2 is 2.31 bits per heavy atom. The summed E-state index contributed by atoms with van der Waals surface area (Å²) in [5.41, 5.74) is 8.10. The van der Waals surface area contributed by atoms with E-state index in [4.69, 9.17) is 11.0 Å². The Morgan fingerprint density at radius 3 is 3.00 bits per heavy atom. The van der Waals surface area contributed by atoms with Crippen molar-refractivity contribution in [3.8, 4) is 6.07 Å². The van der Waals surface area contributed by atoms with Gasteiger partial charge in [0.05, 0.1) is 11.1 Å². The fourth-order valence-corrected chi connectivity index (χ4v) is 1.81. The number of nitriles is 1. The Kier molecular flexibility index (Phi) is 2.78. The van der Waals surface area contributed by atoms with Crippen LogP contribution in [0.25, 0.3) is 11.0 Å². The molecular formula is C12H14N4. The van der Waals surface area contributed by atoms with Gasteiger partial charge in [0.1, 0.15) is 11.6 Å². The van der Waals surface area contributed by atoms with E-state index in [1.807, 2.05) is 16.7 Å². The largest absolute Gasteiger partial charge is 0.369 e. The van der Waals surface area contributed by atoms with E-state index in [0.717, 1.165) is 24.9 Å². The van der Waals surface area contributed by atoms with E-state index in [-0.39, 0.29) is 0 Å². The molecule has 0 bridgehead atoms. The molecule has 4 heteroatoms. The molecule has 0 amide bonds. The van der Waals surface area contributed by atoms with Crippen LogP contribution in [0.4, 0.5) is 5.95 Å². The molecule has 1 heterocycles. The third-order valence-electron chi connectivity index (χ3n) is 2.66. The van der Waals surface area contributed by atoms with Gasteiger partial charge < -0.3 is 10.3 Å². The van der Waals surface area contributed by atoms with Crippen LogP contribution in [-0.4, -0.2) is 9.55 Å². The van der Waals surface area contributed by atoms with Gasteiger partial charge in [0.25, 0.3) is 0 Å². The number of nitrogens with two attached hydrogens (primary N) is 1. The zero-order valence-corrected chi connectivity index (χ0v) is 9.27. The maximum atomic E-state index is 8.97. The van der Waals surface area contributed by atoms with Gasteiger partial charge in [-0.25, -0.2) is 4.98 Å². The summed E-state index contributed by atoms with van der Waals surface area (Å²) in [6.07, 6.45) is 2.17. The number of para-hydroxylation sites is 1. The summed E-state index contributed by atoms with van der Waals surface area (Å²) in [6, 6.07) is 7.72. The van der Waals surface area contributed by atoms with Crippen LogP contribution in [-0.2, 0) is 6.54 Å². The highest BCUT2D eigenvalue weighted by atomic mass is 15.1. The minimum Gasteiger partial charge on any atom is -0.369 e. The molecule has 0 radical (unpaired) electrons. The maximum Gasteiger partial charge on any atom is 0.201 e. The fraction of sp³-hybridized carbons (Fsp3) is 0.333. The molecule has 0 saturated carbocycles. The highest BCUT2D eigenvalue weighted by Gasteiger charge is 2.10. The number of nitrogens with zero attached hydrogens (tertiary/aromatic N) is 3. The van der Waals surface area contributed by atoms with Gasteiger partial charge in [-0.05, 0) is 18.6 Å². The number of anilines is 1. The standard InChI is InChI=1S/C12H14N4/c1-2-3-7-16-10-6-4-5-9(8-13)11(10)15-12(16)14/h4-6H,2-3,7H2,1H3,(H2,14,15). The summed E-state index contributed by atoms with van der Waals surface area (Å²) < 4.78 is 1.97. The molecule has 82 valence electrons. The molecule has 0 saturated heterocycles. The van der Waals surface area contributed by atoms with Gasteiger partial charge in [-0.15, -0.1) is 0 Å². The third-order valence-corrected chi connectivity index (χ3v) is 2.66. The molecule has 1 aromatic heterocycles. The Balaban J connectivity index is 2.58. The number of fused-ring (bicyclic) bond motifs is 1. The monoisotopic (exact) mass is 214 g/mol. The van der Waals surface area contributed by atoms with Crippen molar-refractivity contribution in [3.05, 3.63) is 23.8 Å². The van der Waals surface area contributed by atoms with Crippen LogP contribution >= 0.6 is 0 Å². The highest BCUT2D eigenvalue weighted by Crippen LogP contribution is 2.21. The molecule has 4 nitrogen and oxygen atoms in total.